The number of rotatable bonds is 8. The molecule has 0 radical (unpaired) electrons. The van der Waals surface area contributed by atoms with E-state index in [4.69, 9.17) is 25.4 Å². The minimum atomic E-state index is -1.25. The van der Waals surface area contributed by atoms with Crippen LogP contribution in [0.4, 0.5) is 11.4 Å². The van der Waals surface area contributed by atoms with Gasteiger partial charge >= 0.3 is 0 Å². The number of nitrogens with zero attached hydrogens (tertiary/aromatic N) is 2. The van der Waals surface area contributed by atoms with Crippen LogP contribution in [0.1, 0.15) is 43.3 Å². The maximum absolute atomic E-state index is 14.1. The Morgan fingerprint density at radius 3 is 2.53 bits per heavy atom. The summed E-state index contributed by atoms with van der Waals surface area (Å²) in [7, 11) is 0. The van der Waals surface area contributed by atoms with Crippen molar-refractivity contribution >= 4 is 40.6 Å². The highest BCUT2D eigenvalue weighted by Crippen LogP contribution is 2.40. The summed E-state index contributed by atoms with van der Waals surface area (Å²) < 4.78 is 20.7. The Kier molecular flexibility index (Phi) is 6.71. The average molecular weight is 534 g/mol. The fourth-order valence-corrected chi connectivity index (χ4v) is 4.76. The fraction of sp³-hybridized carbons (Fsp3) is 0.154. The van der Waals surface area contributed by atoms with E-state index in [1.54, 1.807) is 37.3 Å². The highest BCUT2D eigenvalue weighted by atomic mass is 32.1. The number of aryl methyl sites for hydroxylation is 1. The van der Waals surface area contributed by atoms with Gasteiger partial charge in [0.25, 0.3) is 17.7 Å². The van der Waals surface area contributed by atoms with Crippen molar-refractivity contribution in [3.8, 4) is 11.5 Å². The summed E-state index contributed by atoms with van der Waals surface area (Å²) in [6.07, 6.45) is 0. The number of hydrogen-bond acceptors (Lipinski definition) is 9. The molecule has 5 N–H and O–H groups in total. The topological polar surface area (TPSA) is 163 Å². The lowest BCUT2D eigenvalue weighted by Crippen LogP contribution is -2.43. The number of hydrogen-bond donors (Lipinski definition) is 3. The van der Waals surface area contributed by atoms with Crippen LogP contribution in [0.25, 0.3) is 0 Å². The van der Waals surface area contributed by atoms with E-state index in [1.165, 1.54) is 4.90 Å². The molecule has 0 aliphatic carbocycles. The van der Waals surface area contributed by atoms with Gasteiger partial charge in [-0.15, -0.1) is 0 Å². The zero-order valence-corrected chi connectivity index (χ0v) is 21.0. The Labute approximate surface area is 221 Å². The van der Waals surface area contributed by atoms with E-state index in [0.717, 1.165) is 5.56 Å². The van der Waals surface area contributed by atoms with Gasteiger partial charge in [0, 0.05) is 18.3 Å². The van der Waals surface area contributed by atoms with Gasteiger partial charge in [-0.05, 0) is 48.3 Å². The second kappa shape index (κ2) is 10.3. The van der Waals surface area contributed by atoms with Crippen LogP contribution < -0.4 is 31.2 Å². The molecule has 38 heavy (non-hydrogen) atoms. The number of primary amides is 1. The van der Waals surface area contributed by atoms with Crippen LogP contribution in [0.2, 0.25) is 0 Å². The van der Waals surface area contributed by atoms with Gasteiger partial charge < -0.3 is 30.7 Å². The number of carbonyl (C=O) groups excluding carboxylic acids is 3. The highest BCUT2D eigenvalue weighted by Gasteiger charge is 2.38. The molecular formula is C26H23N5O6S. The third kappa shape index (κ3) is 4.76. The molecule has 1 aliphatic heterocycles. The average Bonchev–Trinajstić information content (AvgIpc) is 3.65. The minimum Gasteiger partial charge on any atom is -0.464 e. The largest absolute Gasteiger partial charge is 0.464 e. The molecule has 0 spiro atoms. The molecular weight excluding hydrogens is 510 g/mol. The van der Waals surface area contributed by atoms with Gasteiger partial charge in [0.1, 0.15) is 16.4 Å². The van der Waals surface area contributed by atoms with Crippen molar-refractivity contribution in [3.05, 3.63) is 88.3 Å². The maximum atomic E-state index is 14.1. The Morgan fingerprint density at radius 2 is 1.84 bits per heavy atom. The van der Waals surface area contributed by atoms with E-state index in [9.17, 15) is 14.4 Å². The third-order valence-electron chi connectivity index (χ3n) is 5.86. The van der Waals surface area contributed by atoms with E-state index in [0.29, 0.717) is 34.5 Å². The lowest BCUT2D eigenvalue weighted by Gasteiger charge is -2.30. The molecule has 0 saturated carbocycles. The Bertz CT molecular complexity index is 1520. The second-order valence-corrected chi connectivity index (χ2v) is 9.18. The molecule has 0 bridgehead atoms. The van der Waals surface area contributed by atoms with E-state index in [1.807, 2.05) is 30.3 Å². The van der Waals surface area contributed by atoms with Crippen LogP contribution in [0.15, 0.2) is 65.1 Å². The summed E-state index contributed by atoms with van der Waals surface area (Å²) in [6.45, 7) is 1.97. The summed E-state index contributed by atoms with van der Waals surface area (Å²) in [5.74, 6) is -0.397. The Balaban J connectivity index is 1.61. The standard InChI is InChI=1S/C26H23N5O6S/c1-14-7-9-18(37-14)22(25(33)29-12-15-5-3-2-4-6-15)31(16-8-10-17-19(11-16)36-13-35-17)26(34)23-20(27)21(24(28)32)30-38-23/h2-11,22H,12-13,27H2,1H3,(H2,28,32)(H,29,33)/t22-/m0/s1. The number of furan rings is 1. The molecule has 4 aromatic rings. The van der Waals surface area contributed by atoms with E-state index in [2.05, 4.69) is 9.69 Å². The lowest BCUT2D eigenvalue weighted by atomic mass is 10.1. The van der Waals surface area contributed by atoms with Crippen molar-refractivity contribution in [2.24, 2.45) is 5.73 Å². The SMILES string of the molecule is Cc1ccc([C@@H](C(=O)NCc2ccccc2)N(C(=O)c2snc(C(N)=O)c2N)c2ccc3c(c2)OCO3)o1. The van der Waals surface area contributed by atoms with Crippen molar-refractivity contribution in [1.82, 2.24) is 9.69 Å². The zero-order chi connectivity index (χ0) is 26.8. The molecule has 0 unspecified atom stereocenters. The molecule has 2 aromatic heterocycles. The molecule has 3 amide bonds. The molecule has 1 aliphatic rings. The number of benzene rings is 2. The lowest BCUT2D eigenvalue weighted by molar-refractivity contribution is -0.123. The summed E-state index contributed by atoms with van der Waals surface area (Å²) in [5.41, 5.74) is 12.2. The van der Waals surface area contributed by atoms with Crippen LogP contribution in [0, 0.1) is 6.92 Å². The molecule has 12 heteroatoms. The second-order valence-electron chi connectivity index (χ2n) is 8.41. The number of anilines is 2. The number of fused-ring (bicyclic) bond motifs is 1. The first-order chi connectivity index (χ1) is 18.3. The summed E-state index contributed by atoms with van der Waals surface area (Å²) in [5, 5.41) is 2.89. The number of carbonyl (C=O) groups is 3. The molecule has 1 atom stereocenters. The molecule has 11 nitrogen and oxygen atoms in total. The van der Waals surface area contributed by atoms with Crippen LogP contribution in [-0.4, -0.2) is 28.9 Å². The quantitative estimate of drug-likeness (QED) is 0.311. The van der Waals surface area contributed by atoms with Gasteiger partial charge in [-0.1, -0.05) is 30.3 Å². The van der Waals surface area contributed by atoms with Gasteiger partial charge in [0.2, 0.25) is 6.79 Å². The minimum absolute atomic E-state index is 0.0227. The predicted molar refractivity (Wildman–Crippen MR) is 139 cm³/mol. The third-order valence-corrected chi connectivity index (χ3v) is 6.71. The monoisotopic (exact) mass is 533 g/mol. The molecule has 3 heterocycles. The van der Waals surface area contributed by atoms with Crippen LogP contribution in [-0.2, 0) is 11.3 Å². The number of nitrogens with one attached hydrogen (secondary N) is 1. The highest BCUT2D eigenvalue weighted by molar-refractivity contribution is 7.09. The number of nitrogens with two attached hydrogens (primary N) is 2. The molecule has 5 rings (SSSR count). The number of amides is 3. The van der Waals surface area contributed by atoms with Crippen LogP contribution in [0.3, 0.4) is 0 Å². The molecule has 0 saturated heterocycles. The van der Waals surface area contributed by atoms with Crippen molar-refractivity contribution in [2.45, 2.75) is 19.5 Å². The maximum Gasteiger partial charge on any atom is 0.273 e. The smallest absolute Gasteiger partial charge is 0.273 e. The molecule has 194 valence electrons. The van der Waals surface area contributed by atoms with Crippen molar-refractivity contribution < 1.29 is 28.3 Å². The number of nitrogen functional groups attached to an aromatic ring is 1. The van der Waals surface area contributed by atoms with Crippen LogP contribution in [0.5, 0.6) is 11.5 Å². The van der Waals surface area contributed by atoms with Gasteiger partial charge in [0.05, 0.1) is 5.69 Å². The van der Waals surface area contributed by atoms with E-state index < -0.39 is 23.8 Å². The predicted octanol–water partition coefficient (Wildman–Crippen LogP) is 3.16. The number of aromatic nitrogens is 1. The van der Waals surface area contributed by atoms with Crippen LogP contribution >= 0.6 is 11.5 Å². The first-order valence-electron chi connectivity index (χ1n) is 11.5. The first-order valence-corrected chi connectivity index (χ1v) is 12.3. The van der Waals surface area contributed by atoms with Crippen molar-refractivity contribution in [3.63, 3.8) is 0 Å². The van der Waals surface area contributed by atoms with Crippen molar-refractivity contribution in [2.75, 3.05) is 17.4 Å². The Hall–Kier alpha value is -4.84. The van der Waals surface area contributed by atoms with E-state index >= 15 is 0 Å². The van der Waals surface area contributed by atoms with Gasteiger partial charge in [-0.2, -0.15) is 4.37 Å². The summed E-state index contributed by atoms with van der Waals surface area (Å²) in [4.78, 5) is 40.8. The van der Waals surface area contributed by atoms with Gasteiger partial charge in [-0.3, -0.25) is 19.3 Å². The van der Waals surface area contributed by atoms with Gasteiger partial charge in [0.15, 0.2) is 23.2 Å². The van der Waals surface area contributed by atoms with E-state index in [-0.39, 0.29) is 35.4 Å². The summed E-state index contributed by atoms with van der Waals surface area (Å²) in [6, 6.07) is 16.2. The summed E-state index contributed by atoms with van der Waals surface area (Å²) >= 11 is 0.715. The zero-order valence-electron chi connectivity index (χ0n) is 20.2. The molecule has 0 fully saturated rings. The first kappa shape index (κ1) is 24.8. The fourth-order valence-electron chi connectivity index (χ4n) is 4.01. The van der Waals surface area contributed by atoms with Gasteiger partial charge in [-0.25, -0.2) is 0 Å². The van der Waals surface area contributed by atoms with Crippen molar-refractivity contribution in [1.29, 1.82) is 0 Å². The number of ether oxygens (including phenoxy) is 2. The molecule has 2 aromatic carbocycles. The normalized spacial score (nSPS) is 12.7. The Morgan fingerprint density at radius 1 is 1.08 bits per heavy atom.